The highest BCUT2D eigenvalue weighted by Gasteiger charge is 1.91. The zero-order valence-electron chi connectivity index (χ0n) is 9.26. The van der Waals surface area contributed by atoms with E-state index >= 15 is 0 Å². The summed E-state index contributed by atoms with van der Waals surface area (Å²) < 4.78 is 3.20. The molecule has 86 valence electrons. The Bertz CT molecular complexity index is 90.1. The van der Waals surface area contributed by atoms with E-state index in [-0.39, 0.29) is 0 Å². The van der Waals surface area contributed by atoms with Gasteiger partial charge in [-0.05, 0) is 6.42 Å². The molecule has 0 aromatic heterocycles. The monoisotopic (exact) mass is 236 g/mol. The van der Waals surface area contributed by atoms with Crippen molar-refractivity contribution in [2.75, 3.05) is 6.54 Å². The fourth-order valence-corrected chi connectivity index (χ4v) is 2.16. The van der Waals surface area contributed by atoms with Crippen LogP contribution in [0, 0.1) is 0 Å². The Morgan fingerprint density at radius 2 is 1.50 bits per heavy atom. The molecule has 0 bridgehead atoms. The number of hydrogen-bond donors (Lipinski definition) is 2. The summed E-state index contributed by atoms with van der Waals surface area (Å²) in [4.78, 5) is 0. The van der Waals surface area contributed by atoms with Crippen molar-refractivity contribution in [3.8, 4) is 0 Å². The lowest BCUT2D eigenvalue weighted by molar-refractivity contribution is 0.575. The third-order valence-electron chi connectivity index (χ3n) is 2.24. The lowest BCUT2D eigenvalue weighted by Gasteiger charge is -2.02. The summed E-state index contributed by atoms with van der Waals surface area (Å²) in [5.74, 6) is 0. The summed E-state index contributed by atoms with van der Waals surface area (Å²) in [5.41, 5.74) is 0. The Morgan fingerprint density at radius 1 is 0.929 bits per heavy atom. The Morgan fingerprint density at radius 3 is 2.07 bits per heavy atom. The number of nitrogens with two attached hydrogens (primary N) is 1. The van der Waals surface area contributed by atoms with Gasteiger partial charge in [-0.3, -0.25) is 9.86 Å². The third kappa shape index (κ3) is 12.6. The highest BCUT2D eigenvalue weighted by atomic mass is 33.1. The summed E-state index contributed by atoms with van der Waals surface area (Å²) in [6.45, 7) is 3.35. The molecule has 0 aliphatic heterocycles. The van der Waals surface area contributed by atoms with Gasteiger partial charge in [0, 0.05) is 28.5 Å². The van der Waals surface area contributed by atoms with Gasteiger partial charge >= 0.3 is 0 Å². The van der Waals surface area contributed by atoms with E-state index in [1.165, 1.54) is 73.3 Å². The molecule has 0 rings (SSSR count). The molecule has 0 saturated carbocycles. The van der Waals surface area contributed by atoms with Crippen molar-refractivity contribution in [3.63, 3.8) is 0 Å². The number of unbranched alkanes of at least 4 members (excludes halogenated alkanes) is 7. The minimum absolute atomic E-state index is 1.09. The molecule has 0 aromatic rings. The first-order valence-corrected chi connectivity index (χ1v) is 7.88. The highest BCUT2D eigenvalue weighted by Crippen LogP contribution is 2.10. The summed E-state index contributed by atoms with van der Waals surface area (Å²) in [5, 5.41) is 5.25. The van der Waals surface area contributed by atoms with Gasteiger partial charge in [-0.25, -0.2) is 0 Å². The molecule has 0 aromatic carbocycles. The molecule has 0 heterocycles. The molecule has 0 fully saturated rings. The predicted octanol–water partition coefficient (Wildman–Crippen LogP) is 3.89. The van der Waals surface area contributed by atoms with Gasteiger partial charge in [0.25, 0.3) is 0 Å². The standard InChI is InChI=1S/C10H24N2S2/c1-2-3-4-5-6-7-8-9-10-12-14-13-11/h12H,2-11H2,1H3. The molecular formula is C10H24N2S2. The van der Waals surface area contributed by atoms with E-state index in [0.29, 0.717) is 0 Å². The van der Waals surface area contributed by atoms with Crippen LogP contribution in [0.25, 0.3) is 0 Å². The van der Waals surface area contributed by atoms with Crippen LogP contribution in [0.15, 0.2) is 0 Å². The van der Waals surface area contributed by atoms with Crippen molar-refractivity contribution >= 4 is 22.0 Å². The molecule has 4 heteroatoms. The summed E-state index contributed by atoms with van der Waals surface area (Å²) in [6, 6.07) is 0. The van der Waals surface area contributed by atoms with E-state index in [2.05, 4.69) is 11.6 Å². The topological polar surface area (TPSA) is 38.0 Å². The van der Waals surface area contributed by atoms with Crippen LogP contribution in [0.4, 0.5) is 0 Å². The maximum absolute atomic E-state index is 5.25. The number of nitrogens with one attached hydrogen (secondary N) is 1. The van der Waals surface area contributed by atoms with Crippen LogP contribution < -0.4 is 9.86 Å². The van der Waals surface area contributed by atoms with Crippen molar-refractivity contribution in [2.24, 2.45) is 5.14 Å². The quantitative estimate of drug-likeness (QED) is 0.324. The summed E-state index contributed by atoms with van der Waals surface area (Å²) in [6.07, 6.45) is 11.0. The van der Waals surface area contributed by atoms with E-state index in [0.717, 1.165) is 6.54 Å². The molecule has 0 aliphatic rings. The fourth-order valence-electron chi connectivity index (χ4n) is 1.41. The van der Waals surface area contributed by atoms with Gasteiger partial charge in [0.15, 0.2) is 0 Å². The maximum Gasteiger partial charge on any atom is 0.00668 e. The van der Waals surface area contributed by atoms with E-state index in [1.807, 2.05) is 0 Å². The van der Waals surface area contributed by atoms with Crippen molar-refractivity contribution < 1.29 is 0 Å². The van der Waals surface area contributed by atoms with Crippen LogP contribution in [0.2, 0.25) is 0 Å². The van der Waals surface area contributed by atoms with E-state index in [4.69, 9.17) is 5.14 Å². The van der Waals surface area contributed by atoms with Crippen molar-refractivity contribution in [3.05, 3.63) is 0 Å². The van der Waals surface area contributed by atoms with Crippen LogP contribution >= 0.6 is 22.0 Å². The minimum atomic E-state index is 1.09. The van der Waals surface area contributed by atoms with Gasteiger partial charge in [-0.15, -0.1) is 0 Å². The van der Waals surface area contributed by atoms with Crippen LogP contribution in [0.5, 0.6) is 0 Å². The molecule has 0 unspecified atom stereocenters. The molecule has 14 heavy (non-hydrogen) atoms. The fraction of sp³-hybridized carbons (Fsp3) is 1.00. The van der Waals surface area contributed by atoms with Gasteiger partial charge in [-0.2, -0.15) is 0 Å². The smallest absolute Gasteiger partial charge is 0.00668 e. The van der Waals surface area contributed by atoms with E-state index in [1.54, 1.807) is 0 Å². The van der Waals surface area contributed by atoms with E-state index in [9.17, 15) is 0 Å². The summed E-state index contributed by atoms with van der Waals surface area (Å²) in [7, 11) is 2.81. The first kappa shape index (κ1) is 14.6. The maximum atomic E-state index is 5.25. The second-order valence-electron chi connectivity index (χ2n) is 3.55. The Balaban J connectivity index is 2.78. The van der Waals surface area contributed by atoms with Gasteiger partial charge in [0.05, 0.1) is 0 Å². The van der Waals surface area contributed by atoms with Gasteiger partial charge in [0.2, 0.25) is 0 Å². The Hall–Kier alpha value is 0.620. The predicted molar refractivity (Wildman–Crippen MR) is 70.0 cm³/mol. The molecule has 2 nitrogen and oxygen atoms in total. The molecule has 0 amide bonds. The Kier molecular flexibility index (Phi) is 14.2. The molecule has 0 spiro atoms. The largest absolute Gasteiger partial charge is 0.267 e. The van der Waals surface area contributed by atoms with Gasteiger partial charge < -0.3 is 0 Å². The minimum Gasteiger partial charge on any atom is -0.267 e. The molecular weight excluding hydrogens is 212 g/mol. The third-order valence-corrected chi connectivity index (χ3v) is 3.30. The first-order chi connectivity index (χ1) is 6.91. The van der Waals surface area contributed by atoms with Crippen LogP contribution in [0.3, 0.4) is 0 Å². The zero-order chi connectivity index (χ0) is 10.5. The number of rotatable bonds is 11. The van der Waals surface area contributed by atoms with Crippen molar-refractivity contribution in [1.82, 2.24) is 4.72 Å². The molecule has 3 N–H and O–H groups in total. The molecule has 0 radical (unpaired) electrons. The highest BCUT2D eigenvalue weighted by molar-refractivity contribution is 8.75. The van der Waals surface area contributed by atoms with Crippen LogP contribution in [-0.2, 0) is 0 Å². The lowest BCUT2D eigenvalue weighted by Crippen LogP contribution is -2.04. The number of hydrogen-bond acceptors (Lipinski definition) is 4. The van der Waals surface area contributed by atoms with Gasteiger partial charge in [0.1, 0.15) is 0 Å². The average Bonchev–Trinajstić information content (AvgIpc) is 2.21. The second kappa shape index (κ2) is 13.6. The zero-order valence-corrected chi connectivity index (χ0v) is 10.9. The van der Waals surface area contributed by atoms with Crippen LogP contribution in [0.1, 0.15) is 58.3 Å². The molecule has 0 atom stereocenters. The van der Waals surface area contributed by atoms with E-state index < -0.39 is 0 Å². The summed E-state index contributed by atoms with van der Waals surface area (Å²) >= 11 is 0. The van der Waals surface area contributed by atoms with Crippen molar-refractivity contribution in [2.45, 2.75) is 58.3 Å². The molecule has 0 aliphatic carbocycles. The second-order valence-corrected chi connectivity index (χ2v) is 5.27. The molecule has 0 saturated heterocycles. The lowest BCUT2D eigenvalue weighted by atomic mass is 10.1. The SMILES string of the molecule is CCCCCCCCCCNSSN. The van der Waals surface area contributed by atoms with Gasteiger partial charge in [-0.1, -0.05) is 51.9 Å². The normalized spacial score (nSPS) is 10.7. The van der Waals surface area contributed by atoms with Crippen LogP contribution in [-0.4, -0.2) is 6.54 Å². The Labute approximate surface area is 96.8 Å². The average molecular weight is 236 g/mol. The first-order valence-electron chi connectivity index (χ1n) is 5.67. The van der Waals surface area contributed by atoms with Crippen molar-refractivity contribution in [1.29, 1.82) is 0 Å².